The van der Waals surface area contributed by atoms with Crippen molar-refractivity contribution in [2.45, 2.75) is 29.1 Å². The van der Waals surface area contributed by atoms with Crippen LogP contribution in [0.15, 0.2) is 24.3 Å². The number of fused-ring (bicyclic) bond motifs is 5. The van der Waals surface area contributed by atoms with Gasteiger partial charge in [-0.3, -0.25) is 24.1 Å². The van der Waals surface area contributed by atoms with Crippen LogP contribution in [0.2, 0.25) is 5.02 Å². The van der Waals surface area contributed by atoms with E-state index in [2.05, 4.69) is 31.9 Å². The summed E-state index contributed by atoms with van der Waals surface area (Å²) in [6.45, 7) is 0.978. The number of hydrogen-bond acceptors (Lipinski definition) is 5. The number of ketones is 1. The lowest BCUT2D eigenvalue weighted by Gasteiger charge is -2.28. The smallest absolute Gasteiger partial charge is 0.326 e. The van der Waals surface area contributed by atoms with Gasteiger partial charge in [-0.25, -0.2) is 0 Å². The van der Waals surface area contributed by atoms with Crippen molar-refractivity contribution in [3.8, 4) is 0 Å². The van der Waals surface area contributed by atoms with Crippen LogP contribution in [0.25, 0.3) is 0 Å². The van der Waals surface area contributed by atoms with Crippen LogP contribution in [0.3, 0.4) is 0 Å². The number of amides is 2. The third-order valence-electron chi connectivity index (χ3n) is 6.15. The summed E-state index contributed by atoms with van der Waals surface area (Å²) < 4.78 is 5.20. The third kappa shape index (κ3) is 3.47. The number of ether oxygens (including phenoxy) is 1. The fourth-order valence-electron chi connectivity index (χ4n) is 4.86. The van der Waals surface area contributed by atoms with E-state index in [1.165, 1.54) is 13.0 Å². The van der Waals surface area contributed by atoms with E-state index in [9.17, 15) is 19.2 Å². The van der Waals surface area contributed by atoms with Crippen molar-refractivity contribution in [1.82, 2.24) is 4.90 Å². The van der Waals surface area contributed by atoms with Gasteiger partial charge in [0.1, 0.15) is 6.54 Å². The molecule has 9 heteroatoms. The van der Waals surface area contributed by atoms with Crippen LogP contribution >= 0.6 is 43.5 Å². The van der Waals surface area contributed by atoms with E-state index in [4.69, 9.17) is 16.3 Å². The van der Waals surface area contributed by atoms with E-state index in [1.54, 1.807) is 18.2 Å². The maximum atomic E-state index is 12.8. The zero-order chi connectivity index (χ0) is 21.0. The van der Waals surface area contributed by atoms with Gasteiger partial charge in [0.25, 0.3) is 0 Å². The number of nitrogens with zero attached hydrogens (tertiary/aromatic N) is 1. The third-order valence-corrected chi connectivity index (χ3v) is 9.59. The maximum absolute atomic E-state index is 12.8. The number of likely N-dealkylation sites (tertiary alicyclic amines) is 1. The Bertz CT molecular complexity index is 877. The van der Waals surface area contributed by atoms with Gasteiger partial charge < -0.3 is 4.74 Å². The molecule has 0 radical (unpaired) electrons. The molecule has 0 N–H and O–H groups in total. The summed E-state index contributed by atoms with van der Waals surface area (Å²) >= 11 is 13.1. The normalized spacial score (nSPS) is 33.7. The molecular formula is C20H18Br2ClNO5. The summed E-state index contributed by atoms with van der Waals surface area (Å²) in [5.74, 6) is -2.44. The molecule has 0 aromatic heterocycles. The first kappa shape index (κ1) is 21.0. The zero-order valence-electron chi connectivity index (χ0n) is 15.4. The number of esters is 1. The molecule has 2 aliphatic carbocycles. The highest BCUT2D eigenvalue weighted by atomic mass is 79.9. The standard InChI is InChI=1S/C20H18Br2ClNO5/c1-8(18(26)9-3-2-4-10(23)5-9)29-13(25)7-24-19(27)14-11-6-12(15(14)20(24)28)17(22)16(11)21/h2-5,8,11-12,14-17H,6-7H2,1H3/t8-,11+,12+,14-,15+,16-,17+/m1/s1. The van der Waals surface area contributed by atoms with Gasteiger partial charge in [-0.1, -0.05) is 55.6 Å². The number of alkyl halides is 2. The van der Waals surface area contributed by atoms with Gasteiger partial charge >= 0.3 is 5.97 Å². The van der Waals surface area contributed by atoms with Crippen molar-refractivity contribution >= 4 is 67.0 Å². The summed E-state index contributed by atoms with van der Waals surface area (Å²) in [5.41, 5.74) is 0.323. The Kier molecular flexibility index (Phi) is 5.63. The Hall–Kier alpha value is -1.25. The first-order valence-electron chi connectivity index (χ1n) is 9.33. The Morgan fingerprint density at radius 1 is 1.17 bits per heavy atom. The Morgan fingerprint density at radius 3 is 2.31 bits per heavy atom. The number of Topliss-reactive ketones (excluding diaryl/α,β-unsaturated/α-hetero) is 1. The van der Waals surface area contributed by atoms with Crippen LogP contribution in [0, 0.1) is 23.7 Å². The second-order valence-corrected chi connectivity index (χ2v) is 10.3. The van der Waals surface area contributed by atoms with E-state index in [0.29, 0.717) is 10.6 Å². The Balaban J connectivity index is 1.41. The molecule has 7 atom stereocenters. The van der Waals surface area contributed by atoms with Crippen molar-refractivity contribution in [2.75, 3.05) is 6.54 Å². The zero-order valence-corrected chi connectivity index (χ0v) is 19.3. The maximum Gasteiger partial charge on any atom is 0.326 e. The van der Waals surface area contributed by atoms with Crippen LogP contribution in [-0.2, 0) is 19.1 Å². The number of carbonyl (C=O) groups is 4. The highest BCUT2D eigenvalue weighted by Gasteiger charge is 2.66. The molecule has 2 amide bonds. The monoisotopic (exact) mass is 545 g/mol. The predicted octanol–water partition coefficient (Wildman–Crippen LogP) is 3.23. The predicted molar refractivity (Wildman–Crippen MR) is 112 cm³/mol. The SMILES string of the molecule is C[C@@H](OC(=O)CN1C(=O)[C@@H]2[C@@H]3C[C@H]([C@H](Br)[C@@H]3Br)[C@@H]2C1=O)C(=O)c1cccc(Cl)c1. The molecule has 1 saturated heterocycles. The van der Waals surface area contributed by atoms with Crippen LogP contribution in [0.4, 0.5) is 0 Å². The minimum atomic E-state index is -1.05. The van der Waals surface area contributed by atoms with Crippen molar-refractivity contribution < 1.29 is 23.9 Å². The van der Waals surface area contributed by atoms with Crippen LogP contribution in [-0.4, -0.2) is 50.8 Å². The van der Waals surface area contributed by atoms with E-state index >= 15 is 0 Å². The largest absolute Gasteiger partial charge is 0.453 e. The average Bonchev–Trinajstić information content (AvgIpc) is 3.28. The first-order valence-corrected chi connectivity index (χ1v) is 11.5. The topological polar surface area (TPSA) is 80.8 Å². The highest BCUT2D eigenvalue weighted by Crippen LogP contribution is 2.60. The molecule has 6 nitrogen and oxygen atoms in total. The molecule has 3 aliphatic rings. The molecule has 0 unspecified atom stereocenters. The van der Waals surface area contributed by atoms with Crippen molar-refractivity contribution in [3.63, 3.8) is 0 Å². The van der Waals surface area contributed by atoms with Gasteiger partial charge in [-0.05, 0) is 37.3 Å². The molecule has 0 spiro atoms. The number of halogens is 3. The van der Waals surface area contributed by atoms with Crippen molar-refractivity contribution in [2.24, 2.45) is 23.7 Å². The lowest BCUT2D eigenvalue weighted by atomic mass is 9.81. The van der Waals surface area contributed by atoms with Crippen LogP contribution in [0.5, 0.6) is 0 Å². The fourth-order valence-corrected chi connectivity index (χ4v) is 6.92. The molecule has 3 fully saturated rings. The second-order valence-electron chi connectivity index (χ2n) is 7.77. The average molecular weight is 548 g/mol. The lowest BCUT2D eigenvalue weighted by molar-refractivity contribution is -0.155. The van der Waals surface area contributed by atoms with E-state index in [-0.39, 0.29) is 45.1 Å². The van der Waals surface area contributed by atoms with Crippen molar-refractivity contribution in [1.29, 1.82) is 0 Å². The van der Waals surface area contributed by atoms with Gasteiger partial charge in [0.2, 0.25) is 17.6 Å². The van der Waals surface area contributed by atoms with Gasteiger partial charge in [0, 0.05) is 20.2 Å². The molecule has 29 heavy (non-hydrogen) atoms. The second kappa shape index (κ2) is 7.78. The summed E-state index contributed by atoms with van der Waals surface area (Å²) in [7, 11) is 0. The molecule has 2 saturated carbocycles. The molecule has 2 bridgehead atoms. The number of benzene rings is 1. The van der Waals surface area contributed by atoms with E-state index in [1.807, 2.05) is 0 Å². The minimum Gasteiger partial charge on any atom is -0.453 e. The summed E-state index contributed by atoms with van der Waals surface area (Å²) in [6.07, 6.45) is -0.231. The van der Waals surface area contributed by atoms with E-state index < -0.39 is 24.4 Å². The van der Waals surface area contributed by atoms with Crippen LogP contribution < -0.4 is 0 Å². The van der Waals surface area contributed by atoms with Gasteiger partial charge in [0.05, 0.1) is 11.8 Å². The van der Waals surface area contributed by atoms with Gasteiger partial charge in [0.15, 0.2) is 6.10 Å². The Morgan fingerprint density at radius 2 is 1.76 bits per heavy atom. The Labute approximate surface area is 189 Å². The molecule has 1 aromatic rings. The molecular weight excluding hydrogens is 529 g/mol. The quantitative estimate of drug-likeness (QED) is 0.245. The minimum absolute atomic E-state index is 0.0789. The number of imide groups is 1. The van der Waals surface area contributed by atoms with E-state index in [0.717, 1.165) is 11.3 Å². The number of rotatable bonds is 5. The first-order chi connectivity index (χ1) is 13.7. The highest BCUT2D eigenvalue weighted by molar-refractivity contribution is 9.12. The summed E-state index contributed by atoms with van der Waals surface area (Å²) in [6, 6.07) is 6.34. The number of hydrogen-bond donors (Lipinski definition) is 0. The molecule has 1 aliphatic heterocycles. The van der Waals surface area contributed by atoms with Crippen LogP contribution in [0.1, 0.15) is 23.7 Å². The van der Waals surface area contributed by atoms with Gasteiger partial charge in [-0.2, -0.15) is 0 Å². The number of carbonyl (C=O) groups excluding carboxylic acids is 4. The van der Waals surface area contributed by atoms with Crippen molar-refractivity contribution in [3.05, 3.63) is 34.9 Å². The fraction of sp³-hybridized carbons (Fsp3) is 0.500. The molecule has 1 heterocycles. The lowest BCUT2D eigenvalue weighted by Crippen LogP contribution is -2.39. The summed E-state index contributed by atoms with van der Waals surface area (Å²) in [4.78, 5) is 51.7. The molecule has 1 aromatic carbocycles. The summed E-state index contributed by atoms with van der Waals surface area (Å²) in [5, 5.41) is 0.402. The molecule has 4 rings (SSSR count). The van der Waals surface area contributed by atoms with Gasteiger partial charge in [-0.15, -0.1) is 0 Å². The molecule has 154 valence electrons.